The van der Waals surface area contributed by atoms with E-state index in [4.69, 9.17) is 11.6 Å². The molecular formula is C17H24ClFO. The smallest absolute Gasteiger partial charge is 0.141 e. The van der Waals surface area contributed by atoms with Crippen molar-refractivity contribution in [1.82, 2.24) is 0 Å². The fourth-order valence-electron chi connectivity index (χ4n) is 3.57. The summed E-state index contributed by atoms with van der Waals surface area (Å²) in [6.45, 7) is 6.58. The lowest BCUT2D eigenvalue weighted by Gasteiger charge is -2.42. The standard InChI is InChI=1S/C17H24ClFO/c1-11-4-6-13(16(20)8-11)17(2,3)10-12-5-7-15(19)14(18)9-12/h5,7,9,11,13,16,20H,4,6,8,10H2,1-3H3. The molecule has 3 atom stereocenters. The van der Waals surface area contributed by atoms with E-state index in [0.29, 0.717) is 11.8 Å². The van der Waals surface area contributed by atoms with Crippen molar-refractivity contribution in [2.75, 3.05) is 0 Å². The van der Waals surface area contributed by atoms with Crippen LogP contribution in [0.5, 0.6) is 0 Å². The molecule has 1 nitrogen and oxygen atoms in total. The number of benzene rings is 1. The van der Waals surface area contributed by atoms with E-state index in [9.17, 15) is 9.50 Å². The van der Waals surface area contributed by atoms with E-state index in [2.05, 4.69) is 20.8 Å². The molecule has 1 fully saturated rings. The molecule has 0 bridgehead atoms. The highest BCUT2D eigenvalue weighted by Gasteiger charge is 2.38. The first kappa shape index (κ1) is 15.8. The maximum atomic E-state index is 13.2. The van der Waals surface area contributed by atoms with E-state index in [0.717, 1.165) is 24.8 Å². The number of hydrogen-bond donors (Lipinski definition) is 1. The number of aliphatic hydroxyl groups excluding tert-OH is 1. The van der Waals surface area contributed by atoms with Crippen LogP contribution < -0.4 is 0 Å². The maximum absolute atomic E-state index is 13.2. The van der Waals surface area contributed by atoms with Crippen LogP contribution in [0.4, 0.5) is 4.39 Å². The lowest BCUT2D eigenvalue weighted by Crippen LogP contribution is -2.39. The zero-order valence-corrected chi connectivity index (χ0v) is 13.3. The van der Waals surface area contributed by atoms with E-state index < -0.39 is 0 Å². The number of halogens is 2. The van der Waals surface area contributed by atoms with Gasteiger partial charge in [-0.05, 0) is 54.2 Å². The lowest BCUT2D eigenvalue weighted by molar-refractivity contribution is -0.0125. The summed E-state index contributed by atoms with van der Waals surface area (Å²) in [6, 6.07) is 4.92. The summed E-state index contributed by atoms with van der Waals surface area (Å²) >= 11 is 5.85. The van der Waals surface area contributed by atoms with Crippen molar-refractivity contribution in [2.45, 2.75) is 52.6 Å². The third-order valence-electron chi connectivity index (χ3n) is 4.73. The molecule has 0 amide bonds. The minimum absolute atomic E-state index is 0.0132. The first-order chi connectivity index (χ1) is 9.29. The van der Waals surface area contributed by atoms with Gasteiger partial charge in [-0.1, -0.05) is 44.9 Å². The van der Waals surface area contributed by atoms with Crippen molar-refractivity contribution in [2.24, 2.45) is 17.3 Å². The van der Waals surface area contributed by atoms with Crippen LogP contribution >= 0.6 is 11.6 Å². The molecule has 112 valence electrons. The summed E-state index contributed by atoms with van der Waals surface area (Å²) in [5, 5.41) is 10.5. The summed E-state index contributed by atoms with van der Waals surface area (Å²) in [5.41, 5.74) is 1.02. The Kier molecular flexibility index (Phi) is 4.76. The molecule has 0 heterocycles. The van der Waals surface area contributed by atoms with E-state index in [1.54, 1.807) is 12.1 Å². The highest BCUT2D eigenvalue weighted by molar-refractivity contribution is 6.30. The van der Waals surface area contributed by atoms with E-state index in [-0.39, 0.29) is 22.4 Å². The molecule has 1 saturated carbocycles. The van der Waals surface area contributed by atoms with Gasteiger partial charge in [-0.25, -0.2) is 4.39 Å². The van der Waals surface area contributed by atoms with Crippen LogP contribution in [-0.4, -0.2) is 11.2 Å². The Labute approximate surface area is 126 Å². The van der Waals surface area contributed by atoms with E-state index >= 15 is 0 Å². The van der Waals surface area contributed by atoms with Crippen LogP contribution in [-0.2, 0) is 6.42 Å². The fourth-order valence-corrected chi connectivity index (χ4v) is 3.77. The molecule has 3 heteroatoms. The largest absolute Gasteiger partial charge is 0.393 e. The molecule has 20 heavy (non-hydrogen) atoms. The average molecular weight is 299 g/mol. The van der Waals surface area contributed by atoms with Crippen LogP contribution in [0.25, 0.3) is 0 Å². The zero-order valence-electron chi connectivity index (χ0n) is 12.5. The van der Waals surface area contributed by atoms with Gasteiger partial charge >= 0.3 is 0 Å². The Bertz CT molecular complexity index is 472. The van der Waals surface area contributed by atoms with Gasteiger partial charge in [0.25, 0.3) is 0 Å². The molecule has 0 aliphatic heterocycles. The molecule has 0 saturated heterocycles. The van der Waals surface area contributed by atoms with Crippen molar-refractivity contribution in [1.29, 1.82) is 0 Å². The highest BCUT2D eigenvalue weighted by Crippen LogP contribution is 2.42. The molecule has 1 aliphatic rings. The molecule has 1 aliphatic carbocycles. The Balaban J connectivity index is 2.11. The summed E-state index contributed by atoms with van der Waals surface area (Å²) < 4.78 is 13.2. The van der Waals surface area contributed by atoms with Crippen molar-refractivity contribution < 1.29 is 9.50 Å². The molecule has 0 radical (unpaired) electrons. The van der Waals surface area contributed by atoms with Gasteiger partial charge in [0.05, 0.1) is 11.1 Å². The Morgan fingerprint density at radius 1 is 1.35 bits per heavy atom. The number of aliphatic hydroxyl groups is 1. The second-order valence-electron chi connectivity index (χ2n) is 7.01. The minimum Gasteiger partial charge on any atom is -0.393 e. The first-order valence-corrected chi connectivity index (χ1v) is 7.79. The van der Waals surface area contributed by atoms with Crippen molar-refractivity contribution >= 4 is 11.6 Å². The Morgan fingerprint density at radius 3 is 2.65 bits per heavy atom. The number of rotatable bonds is 3. The van der Waals surface area contributed by atoms with Gasteiger partial charge < -0.3 is 5.11 Å². The predicted octanol–water partition coefficient (Wildman–Crippen LogP) is 4.84. The monoisotopic (exact) mass is 298 g/mol. The first-order valence-electron chi connectivity index (χ1n) is 7.41. The highest BCUT2D eigenvalue weighted by atomic mass is 35.5. The normalized spacial score (nSPS) is 27.6. The molecule has 1 aromatic rings. The van der Waals surface area contributed by atoms with Crippen LogP contribution in [0.2, 0.25) is 5.02 Å². The fraction of sp³-hybridized carbons (Fsp3) is 0.647. The SMILES string of the molecule is CC1CCC(C(C)(C)Cc2ccc(F)c(Cl)c2)C(O)C1. The summed E-state index contributed by atoms with van der Waals surface area (Å²) in [6.07, 6.45) is 3.70. The lowest BCUT2D eigenvalue weighted by atomic mass is 9.65. The van der Waals surface area contributed by atoms with E-state index in [1.807, 2.05) is 0 Å². The average Bonchev–Trinajstić information content (AvgIpc) is 2.33. The summed E-state index contributed by atoms with van der Waals surface area (Å²) in [4.78, 5) is 0. The molecule has 0 spiro atoms. The molecule has 3 unspecified atom stereocenters. The van der Waals surface area contributed by atoms with Gasteiger partial charge in [0.2, 0.25) is 0 Å². The van der Waals surface area contributed by atoms with Gasteiger partial charge in [-0.15, -0.1) is 0 Å². The van der Waals surface area contributed by atoms with Gasteiger partial charge in [0.1, 0.15) is 5.82 Å². The van der Waals surface area contributed by atoms with Gasteiger partial charge in [0.15, 0.2) is 0 Å². The quantitative estimate of drug-likeness (QED) is 0.846. The third kappa shape index (κ3) is 3.53. The summed E-state index contributed by atoms with van der Waals surface area (Å²) in [5.74, 6) is 0.527. The topological polar surface area (TPSA) is 20.2 Å². The van der Waals surface area contributed by atoms with Crippen LogP contribution in [0, 0.1) is 23.1 Å². The van der Waals surface area contributed by atoms with Crippen molar-refractivity contribution in [3.8, 4) is 0 Å². The van der Waals surface area contributed by atoms with Gasteiger partial charge in [-0.2, -0.15) is 0 Å². The molecule has 0 aromatic heterocycles. The summed E-state index contributed by atoms with van der Waals surface area (Å²) in [7, 11) is 0. The molecule has 2 rings (SSSR count). The second-order valence-corrected chi connectivity index (χ2v) is 7.41. The van der Waals surface area contributed by atoms with Crippen molar-refractivity contribution in [3.63, 3.8) is 0 Å². The zero-order chi connectivity index (χ0) is 14.9. The predicted molar refractivity (Wildman–Crippen MR) is 81.4 cm³/mol. The Morgan fingerprint density at radius 2 is 2.05 bits per heavy atom. The number of hydrogen-bond acceptors (Lipinski definition) is 1. The molecule has 1 N–H and O–H groups in total. The molecular weight excluding hydrogens is 275 g/mol. The maximum Gasteiger partial charge on any atom is 0.141 e. The second kappa shape index (κ2) is 6.03. The van der Waals surface area contributed by atoms with Crippen LogP contribution in [0.3, 0.4) is 0 Å². The van der Waals surface area contributed by atoms with Gasteiger partial charge in [0, 0.05) is 0 Å². The van der Waals surface area contributed by atoms with Crippen LogP contribution in [0.1, 0.15) is 45.6 Å². The third-order valence-corrected chi connectivity index (χ3v) is 5.02. The molecule has 1 aromatic carbocycles. The van der Waals surface area contributed by atoms with Crippen molar-refractivity contribution in [3.05, 3.63) is 34.6 Å². The minimum atomic E-state index is -0.375. The Hall–Kier alpha value is -0.600. The van der Waals surface area contributed by atoms with Gasteiger partial charge in [-0.3, -0.25) is 0 Å². The van der Waals surface area contributed by atoms with E-state index in [1.165, 1.54) is 12.5 Å². The van der Waals surface area contributed by atoms with Crippen LogP contribution in [0.15, 0.2) is 18.2 Å².